The van der Waals surface area contributed by atoms with E-state index in [9.17, 15) is 24.0 Å². The van der Waals surface area contributed by atoms with Crippen molar-refractivity contribution in [3.05, 3.63) is 52.6 Å². The molecule has 0 aromatic heterocycles. The summed E-state index contributed by atoms with van der Waals surface area (Å²) < 4.78 is 22.0. The molecule has 276 valence electrons. The van der Waals surface area contributed by atoms with Crippen LogP contribution in [0.1, 0.15) is 57.5 Å². The standard InChI is InChI=1S/C32H42ClN9O9/c33-16-24(43)42-17-14-19-26(23(15-17)49-11-13-51-30(47)21(35)6-3-9-41-32(38)39)28(45)25-18(27(19)44)4-1-7-22(25)48-10-12-50-29(46)20(34)5-2-8-40-31(36)37/h1,4,7,14-15,20-21H,2-3,5-6,8-13,16,34-35H2,(H,42,43)(H4,36,37,40)(H4,38,39,41)/t20-,21-/m0/s1. The van der Waals surface area contributed by atoms with Crippen LogP contribution in [0.5, 0.6) is 11.5 Å². The third-order valence-electron chi connectivity index (χ3n) is 7.19. The maximum Gasteiger partial charge on any atom is 0.323 e. The number of benzene rings is 2. The Bertz CT molecular complexity index is 1660. The number of rotatable bonds is 20. The summed E-state index contributed by atoms with van der Waals surface area (Å²) in [5.41, 5.74) is 32.9. The second-order valence-corrected chi connectivity index (χ2v) is 11.3. The van der Waals surface area contributed by atoms with E-state index >= 15 is 0 Å². The average molecular weight is 732 g/mol. The number of nitrogens with one attached hydrogen (secondary N) is 1. The molecule has 13 N–H and O–H groups in total. The molecule has 19 heteroatoms. The van der Waals surface area contributed by atoms with Crippen molar-refractivity contribution in [3.63, 3.8) is 0 Å². The summed E-state index contributed by atoms with van der Waals surface area (Å²) >= 11 is 5.65. The van der Waals surface area contributed by atoms with Crippen molar-refractivity contribution in [2.75, 3.05) is 50.7 Å². The number of anilines is 1. The summed E-state index contributed by atoms with van der Waals surface area (Å²) in [6.07, 6.45) is 1.47. The van der Waals surface area contributed by atoms with Gasteiger partial charge in [0.25, 0.3) is 0 Å². The molecule has 18 nitrogen and oxygen atoms in total. The Balaban J connectivity index is 1.72. The van der Waals surface area contributed by atoms with Crippen LogP contribution in [-0.4, -0.2) is 98.8 Å². The Morgan fingerprint density at radius 3 is 1.78 bits per heavy atom. The lowest BCUT2D eigenvalue weighted by molar-refractivity contribution is -0.146. The summed E-state index contributed by atoms with van der Waals surface area (Å²) in [5.74, 6) is -3.59. The lowest BCUT2D eigenvalue weighted by Crippen LogP contribution is -2.33. The topological polar surface area (TPSA) is 315 Å². The number of alkyl halides is 1. The van der Waals surface area contributed by atoms with Crippen LogP contribution in [0.15, 0.2) is 40.3 Å². The first kappa shape index (κ1) is 40.0. The number of halogens is 1. The summed E-state index contributed by atoms with van der Waals surface area (Å²) in [6, 6.07) is 5.32. The number of hydrogen-bond acceptors (Lipinski definition) is 13. The van der Waals surface area contributed by atoms with Gasteiger partial charge < -0.3 is 58.7 Å². The van der Waals surface area contributed by atoms with E-state index in [2.05, 4.69) is 15.3 Å². The van der Waals surface area contributed by atoms with Gasteiger partial charge in [0.05, 0.1) is 11.1 Å². The second-order valence-electron chi connectivity index (χ2n) is 11.1. The zero-order valence-electron chi connectivity index (χ0n) is 27.7. The zero-order chi connectivity index (χ0) is 37.5. The van der Waals surface area contributed by atoms with E-state index in [-0.39, 0.29) is 96.5 Å². The first-order valence-corrected chi connectivity index (χ1v) is 16.3. The fourth-order valence-corrected chi connectivity index (χ4v) is 4.90. The van der Waals surface area contributed by atoms with Crippen LogP contribution < -0.4 is 49.2 Å². The Morgan fingerprint density at radius 1 is 0.725 bits per heavy atom. The Morgan fingerprint density at radius 2 is 1.25 bits per heavy atom. The number of ether oxygens (including phenoxy) is 4. The van der Waals surface area contributed by atoms with Gasteiger partial charge in [-0.1, -0.05) is 12.1 Å². The number of carbonyl (C=O) groups excluding carboxylic acids is 5. The molecule has 1 amide bonds. The molecule has 0 unspecified atom stereocenters. The highest BCUT2D eigenvalue weighted by Crippen LogP contribution is 2.39. The van der Waals surface area contributed by atoms with Gasteiger partial charge in [0.15, 0.2) is 17.7 Å². The lowest BCUT2D eigenvalue weighted by atomic mass is 9.82. The lowest BCUT2D eigenvalue weighted by Gasteiger charge is -2.23. The molecule has 0 heterocycles. The summed E-state index contributed by atoms with van der Waals surface area (Å²) in [6.45, 7) is -0.240. The summed E-state index contributed by atoms with van der Waals surface area (Å²) in [4.78, 5) is 72.1. The predicted octanol–water partition coefficient (Wildman–Crippen LogP) is -0.755. The van der Waals surface area contributed by atoms with Gasteiger partial charge >= 0.3 is 11.9 Å². The molecule has 2 aromatic rings. The van der Waals surface area contributed by atoms with Crippen LogP contribution in [0, 0.1) is 0 Å². The van der Waals surface area contributed by atoms with Crippen LogP contribution in [-0.2, 0) is 23.9 Å². The van der Waals surface area contributed by atoms with Gasteiger partial charge in [-0.05, 0) is 37.8 Å². The van der Waals surface area contributed by atoms with Crippen molar-refractivity contribution in [2.24, 2.45) is 44.4 Å². The minimum atomic E-state index is -0.933. The molecule has 51 heavy (non-hydrogen) atoms. The van der Waals surface area contributed by atoms with Crippen LogP contribution >= 0.6 is 11.6 Å². The van der Waals surface area contributed by atoms with Crippen molar-refractivity contribution < 1.29 is 42.9 Å². The third-order valence-corrected chi connectivity index (χ3v) is 7.43. The number of esters is 2. The van der Waals surface area contributed by atoms with E-state index < -0.39 is 41.5 Å². The van der Waals surface area contributed by atoms with Crippen molar-refractivity contribution in [1.29, 1.82) is 0 Å². The number of carbonyl (C=O) groups is 5. The van der Waals surface area contributed by atoms with E-state index in [0.717, 1.165) is 0 Å². The van der Waals surface area contributed by atoms with Gasteiger partial charge in [0, 0.05) is 36.0 Å². The smallest absolute Gasteiger partial charge is 0.323 e. The highest BCUT2D eigenvalue weighted by molar-refractivity contribution is 6.31. The van der Waals surface area contributed by atoms with Crippen molar-refractivity contribution >= 4 is 58.6 Å². The van der Waals surface area contributed by atoms with E-state index in [0.29, 0.717) is 25.9 Å². The van der Waals surface area contributed by atoms with Gasteiger partial charge in [-0.15, -0.1) is 11.6 Å². The normalized spacial score (nSPS) is 12.8. The maximum atomic E-state index is 14.0. The van der Waals surface area contributed by atoms with E-state index in [1.807, 2.05) is 0 Å². The molecule has 0 saturated heterocycles. The SMILES string of the molecule is NC(N)=NCCC[C@H](N)C(=O)OCCOc1cccc2c1C(=O)c1c(OCCOC(=O)[C@@H](N)CCCN=C(N)N)cc(NC(=O)CCl)cc1C2=O. The van der Waals surface area contributed by atoms with Crippen LogP contribution in [0.4, 0.5) is 5.69 Å². The number of ketones is 2. The first-order valence-electron chi connectivity index (χ1n) is 15.8. The molecular weight excluding hydrogens is 690 g/mol. The number of nitrogens with zero attached hydrogens (tertiary/aromatic N) is 2. The highest BCUT2D eigenvalue weighted by atomic mass is 35.5. The fourth-order valence-electron chi connectivity index (χ4n) is 4.83. The Hall–Kier alpha value is -5.46. The number of guanidine groups is 2. The molecule has 0 bridgehead atoms. The number of amides is 1. The Kier molecular flexibility index (Phi) is 15.4. The molecule has 0 fully saturated rings. The number of nitrogens with two attached hydrogens (primary N) is 6. The zero-order valence-corrected chi connectivity index (χ0v) is 28.5. The molecule has 2 atom stereocenters. The maximum absolute atomic E-state index is 14.0. The number of hydrogen-bond donors (Lipinski definition) is 7. The summed E-state index contributed by atoms with van der Waals surface area (Å²) in [5, 5.41) is 2.55. The largest absolute Gasteiger partial charge is 0.489 e. The van der Waals surface area contributed by atoms with Crippen molar-refractivity contribution in [2.45, 2.75) is 37.8 Å². The molecule has 3 rings (SSSR count). The molecule has 1 aliphatic rings. The molecule has 0 saturated carbocycles. The minimum absolute atomic E-state index is 0.0410. The van der Waals surface area contributed by atoms with Crippen LogP contribution in [0.3, 0.4) is 0 Å². The van der Waals surface area contributed by atoms with Crippen molar-refractivity contribution in [1.82, 2.24) is 0 Å². The Labute approximate surface area is 298 Å². The van der Waals surface area contributed by atoms with E-state index in [1.54, 1.807) is 0 Å². The van der Waals surface area contributed by atoms with Crippen LogP contribution in [0.2, 0.25) is 0 Å². The van der Waals surface area contributed by atoms with Crippen LogP contribution in [0.25, 0.3) is 0 Å². The van der Waals surface area contributed by atoms with E-state index in [4.69, 9.17) is 65.0 Å². The minimum Gasteiger partial charge on any atom is -0.489 e. The molecule has 0 radical (unpaired) electrons. The summed E-state index contributed by atoms with van der Waals surface area (Å²) in [7, 11) is 0. The second kappa shape index (κ2) is 19.7. The van der Waals surface area contributed by atoms with Gasteiger partial charge in [0.1, 0.15) is 55.9 Å². The van der Waals surface area contributed by atoms with E-state index in [1.165, 1.54) is 30.3 Å². The number of aliphatic imine (C=N–C) groups is 2. The first-order chi connectivity index (χ1) is 24.3. The number of fused-ring (bicyclic) bond motifs is 2. The predicted molar refractivity (Wildman–Crippen MR) is 188 cm³/mol. The fraction of sp³-hybridized carbons (Fsp3) is 0.406. The van der Waals surface area contributed by atoms with Gasteiger partial charge in [-0.25, -0.2) is 0 Å². The molecule has 0 spiro atoms. The average Bonchev–Trinajstić information content (AvgIpc) is 3.10. The van der Waals surface area contributed by atoms with Crippen molar-refractivity contribution in [3.8, 4) is 11.5 Å². The molecule has 0 aliphatic heterocycles. The molecular formula is C32H42ClN9O9. The van der Waals surface area contributed by atoms with Gasteiger partial charge in [0.2, 0.25) is 11.7 Å². The van der Waals surface area contributed by atoms with Gasteiger partial charge in [-0.2, -0.15) is 0 Å². The monoisotopic (exact) mass is 731 g/mol. The molecule has 1 aliphatic carbocycles. The third kappa shape index (κ3) is 11.8. The van der Waals surface area contributed by atoms with Gasteiger partial charge in [-0.3, -0.25) is 34.0 Å². The quantitative estimate of drug-likeness (QED) is 0.0247. The highest BCUT2D eigenvalue weighted by Gasteiger charge is 2.36. The molecule has 2 aromatic carbocycles.